The first-order chi connectivity index (χ1) is 10.2. The highest BCUT2D eigenvalue weighted by Gasteiger charge is 2.21. The fourth-order valence-electron chi connectivity index (χ4n) is 1.75. The fourth-order valence-corrected chi connectivity index (χ4v) is 1.75. The van der Waals surface area contributed by atoms with Gasteiger partial charge < -0.3 is 19.1 Å². The molecule has 0 aliphatic rings. The van der Waals surface area contributed by atoms with E-state index in [9.17, 15) is 14.7 Å². The summed E-state index contributed by atoms with van der Waals surface area (Å²) in [5.74, 6) is -1.78. The van der Waals surface area contributed by atoms with Gasteiger partial charge in [-0.15, -0.1) is 0 Å². The standard InChI is InChI=1S/C17H27NO4/c1-5-6-7-8-9-10-11-12-17(21)22-15(13-16(19)20)14-18(2,3)4/h7-12,15H,5-6,13-14H2,1-4H3/b8-7+,10-9+,12-11+. The third-order valence-corrected chi connectivity index (χ3v) is 2.59. The lowest BCUT2D eigenvalue weighted by atomic mass is 10.2. The van der Waals surface area contributed by atoms with E-state index in [0.717, 1.165) is 12.8 Å². The number of rotatable bonds is 10. The van der Waals surface area contributed by atoms with Gasteiger partial charge in [0.1, 0.15) is 6.54 Å². The van der Waals surface area contributed by atoms with Gasteiger partial charge in [-0.05, 0) is 6.42 Å². The molecule has 0 aliphatic heterocycles. The van der Waals surface area contributed by atoms with E-state index in [4.69, 9.17) is 4.74 Å². The van der Waals surface area contributed by atoms with E-state index < -0.39 is 18.0 Å². The molecule has 0 aromatic heterocycles. The summed E-state index contributed by atoms with van der Waals surface area (Å²) in [6.07, 6.45) is 11.5. The summed E-state index contributed by atoms with van der Waals surface area (Å²) in [5, 5.41) is 10.7. The number of carbonyl (C=O) groups excluding carboxylic acids is 2. The van der Waals surface area contributed by atoms with E-state index in [-0.39, 0.29) is 6.42 Å². The zero-order chi connectivity index (χ0) is 17.0. The topological polar surface area (TPSA) is 66.4 Å². The van der Waals surface area contributed by atoms with E-state index >= 15 is 0 Å². The summed E-state index contributed by atoms with van der Waals surface area (Å²) >= 11 is 0. The molecule has 22 heavy (non-hydrogen) atoms. The molecule has 0 heterocycles. The third-order valence-electron chi connectivity index (χ3n) is 2.59. The second kappa shape index (κ2) is 10.8. The zero-order valence-electron chi connectivity index (χ0n) is 14.0. The Kier molecular flexibility index (Phi) is 9.87. The van der Waals surface area contributed by atoms with Gasteiger partial charge >= 0.3 is 5.97 Å². The smallest absolute Gasteiger partial charge is 0.331 e. The lowest BCUT2D eigenvalue weighted by Crippen LogP contribution is -2.45. The molecule has 1 atom stereocenters. The molecule has 0 aromatic carbocycles. The molecule has 0 spiro atoms. The lowest BCUT2D eigenvalue weighted by Gasteiger charge is -2.28. The summed E-state index contributed by atoms with van der Waals surface area (Å²) < 4.78 is 5.67. The molecule has 5 nitrogen and oxygen atoms in total. The first-order valence-electron chi connectivity index (χ1n) is 7.45. The van der Waals surface area contributed by atoms with E-state index in [1.165, 1.54) is 6.08 Å². The summed E-state index contributed by atoms with van der Waals surface area (Å²) in [6, 6.07) is 0. The Morgan fingerprint density at radius 1 is 1.14 bits per heavy atom. The van der Waals surface area contributed by atoms with Crippen molar-refractivity contribution in [3.63, 3.8) is 0 Å². The van der Waals surface area contributed by atoms with Crippen molar-refractivity contribution in [3.8, 4) is 0 Å². The van der Waals surface area contributed by atoms with Crippen molar-refractivity contribution < 1.29 is 23.9 Å². The molecule has 0 saturated heterocycles. The fraction of sp³-hybridized carbons (Fsp3) is 0.529. The van der Waals surface area contributed by atoms with Gasteiger partial charge in [-0.2, -0.15) is 0 Å². The van der Waals surface area contributed by atoms with E-state index in [1.807, 2.05) is 39.4 Å². The van der Waals surface area contributed by atoms with Crippen LogP contribution < -0.4 is 5.11 Å². The normalized spacial score (nSPS) is 14.0. The van der Waals surface area contributed by atoms with Crippen molar-refractivity contribution in [1.82, 2.24) is 0 Å². The van der Waals surface area contributed by atoms with Crippen molar-refractivity contribution in [2.75, 3.05) is 27.7 Å². The van der Waals surface area contributed by atoms with Gasteiger partial charge in [0.15, 0.2) is 6.10 Å². The number of hydrogen-bond donors (Lipinski definition) is 0. The van der Waals surface area contributed by atoms with Crippen molar-refractivity contribution in [1.29, 1.82) is 0 Å². The summed E-state index contributed by atoms with van der Waals surface area (Å²) in [7, 11) is 5.70. The molecular weight excluding hydrogens is 282 g/mol. The maximum absolute atomic E-state index is 11.7. The van der Waals surface area contributed by atoms with Gasteiger partial charge in [0.05, 0.1) is 21.1 Å². The van der Waals surface area contributed by atoms with E-state index in [2.05, 4.69) is 6.92 Å². The van der Waals surface area contributed by atoms with Crippen LogP contribution in [0.1, 0.15) is 26.2 Å². The number of carboxylic acid groups (broad SMARTS) is 1. The van der Waals surface area contributed by atoms with Crippen LogP contribution in [-0.4, -0.2) is 50.2 Å². The van der Waals surface area contributed by atoms with Crippen LogP contribution in [0.4, 0.5) is 0 Å². The van der Waals surface area contributed by atoms with Crippen LogP contribution in [0.2, 0.25) is 0 Å². The molecular formula is C17H27NO4. The number of hydrogen-bond acceptors (Lipinski definition) is 4. The second-order valence-corrected chi connectivity index (χ2v) is 6.07. The number of nitrogens with zero attached hydrogens (tertiary/aromatic N) is 1. The minimum absolute atomic E-state index is 0.301. The summed E-state index contributed by atoms with van der Waals surface area (Å²) in [4.78, 5) is 22.4. The zero-order valence-corrected chi connectivity index (χ0v) is 14.0. The maximum atomic E-state index is 11.7. The maximum Gasteiger partial charge on any atom is 0.331 e. The van der Waals surface area contributed by atoms with Gasteiger partial charge in [0, 0.05) is 18.5 Å². The largest absolute Gasteiger partial charge is 0.550 e. The van der Waals surface area contributed by atoms with Gasteiger partial charge in [0.25, 0.3) is 0 Å². The second-order valence-electron chi connectivity index (χ2n) is 6.07. The monoisotopic (exact) mass is 309 g/mol. The average Bonchev–Trinajstić information content (AvgIpc) is 2.34. The predicted molar refractivity (Wildman–Crippen MR) is 84.7 cm³/mol. The Balaban J connectivity index is 4.40. The molecule has 0 N–H and O–H groups in total. The molecule has 0 bridgehead atoms. The molecule has 5 heteroatoms. The number of unbranched alkanes of at least 4 members (excludes halogenated alkanes) is 1. The van der Waals surface area contributed by atoms with Crippen LogP contribution in [0.25, 0.3) is 0 Å². The molecule has 0 radical (unpaired) electrons. The minimum atomic E-state index is -1.23. The van der Waals surface area contributed by atoms with Crippen molar-refractivity contribution in [2.45, 2.75) is 32.3 Å². The summed E-state index contributed by atoms with van der Waals surface area (Å²) in [5.41, 5.74) is 0. The highest BCUT2D eigenvalue weighted by Crippen LogP contribution is 2.05. The molecule has 0 rings (SSSR count). The van der Waals surface area contributed by atoms with Crippen LogP contribution in [0.3, 0.4) is 0 Å². The van der Waals surface area contributed by atoms with Crippen LogP contribution in [0.15, 0.2) is 36.5 Å². The lowest BCUT2D eigenvalue weighted by molar-refractivity contribution is -0.873. The number of quaternary nitrogens is 1. The molecule has 0 aliphatic carbocycles. The van der Waals surface area contributed by atoms with Gasteiger partial charge in [-0.3, -0.25) is 0 Å². The van der Waals surface area contributed by atoms with Crippen molar-refractivity contribution >= 4 is 11.9 Å². The number of likely N-dealkylation sites (N-methyl/N-ethyl adjacent to an activating group) is 1. The van der Waals surface area contributed by atoms with Gasteiger partial charge in [0.2, 0.25) is 0 Å². The van der Waals surface area contributed by atoms with E-state index in [1.54, 1.807) is 12.2 Å². The SMILES string of the molecule is CCC/C=C/C=C/C=C/C(=O)OC(CC(=O)[O-])C[N+](C)(C)C. The number of aliphatic carboxylic acids is 1. The number of ether oxygens (including phenoxy) is 1. The quantitative estimate of drug-likeness (QED) is 0.263. The molecule has 0 amide bonds. The van der Waals surface area contributed by atoms with E-state index in [0.29, 0.717) is 11.0 Å². The highest BCUT2D eigenvalue weighted by atomic mass is 16.5. The first-order valence-corrected chi connectivity index (χ1v) is 7.45. The average molecular weight is 309 g/mol. The minimum Gasteiger partial charge on any atom is -0.550 e. The first kappa shape index (κ1) is 20.1. The predicted octanol–water partition coefficient (Wildman–Crippen LogP) is 1.21. The Labute approximate surface area is 133 Å². The number of carbonyl (C=O) groups is 2. The molecule has 1 unspecified atom stereocenters. The van der Waals surface area contributed by atoms with Crippen molar-refractivity contribution in [3.05, 3.63) is 36.5 Å². The van der Waals surface area contributed by atoms with Crippen LogP contribution in [-0.2, 0) is 14.3 Å². The van der Waals surface area contributed by atoms with Crippen LogP contribution in [0, 0.1) is 0 Å². The Bertz CT molecular complexity index is 430. The highest BCUT2D eigenvalue weighted by molar-refractivity contribution is 5.82. The van der Waals surface area contributed by atoms with Crippen molar-refractivity contribution in [2.24, 2.45) is 0 Å². The molecule has 0 fully saturated rings. The number of esters is 1. The van der Waals surface area contributed by atoms with Crippen LogP contribution >= 0.6 is 0 Å². The Morgan fingerprint density at radius 2 is 1.77 bits per heavy atom. The number of allylic oxidation sites excluding steroid dienone is 5. The Morgan fingerprint density at radius 3 is 2.32 bits per heavy atom. The molecule has 0 aromatic rings. The molecule has 0 saturated carbocycles. The number of carboxylic acids is 1. The van der Waals surface area contributed by atoms with Crippen LogP contribution in [0.5, 0.6) is 0 Å². The van der Waals surface area contributed by atoms with Gasteiger partial charge in [-0.1, -0.05) is 43.7 Å². The Hall–Kier alpha value is -1.88. The molecule has 124 valence electrons. The van der Waals surface area contributed by atoms with Gasteiger partial charge in [-0.25, -0.2) is 4.79 Å². The third kappa shape index (κ3) is 13.1. The summed E-state index contributed by atoms with van der Waals surface area (Å²) in [6.45, 7) is 2.51.